The highest BCUT2D eigenvalue weighted by molar-refractivity contribution is 4.98. The molecule has 2 heterocycles. The molecule has 2 rings (SSSR count). The Bertz CT molecular complexity index is 219. The second-order valence-electron chi connectivity index (χ2n) is 3.65. The van der Waals surface area contributed by atoms with Crippen molar-refractivity contribution in [3.8, 4) is 0 Å². The first-order chi connectivity index (χ1) is 5.85. The molecule has 5 nitrogen and oxygen atoms in total. The van der Waals surface area contributed by atoms with Crippen molar-refractivity contribution < 1.29 is 4.74 Å². The van der Waals surface area contributed by atoms with E-state index in [0.29, 0.717) is 12.0 Å². The maximum absolute atomic E-state index is 8.12. The van der Waals surface area contributed by atoms with Crippen LogP contribution in [0.4, 0.5) is 0 Å². The summed E-state index contributed by atoms with van der Waals surface area (Å²) < 4.78 is 5.51. The van der Waals surface area contributed by atoms with Gasteiger partial charge in [-0.05, 0) is 12.0 Å². The van der Waals surface area contributed by atoms with Gasteiger partial charge in [0.25, 0.3) is 0 Å². The number of rotatable bonds is 2. The van der Waals surface area contributed by atoms with E-state index in [0.717, 1.165) is 26.1 Å². The van der Waals surface area contributed by atoms with Crippen molar-refractivity contribution in [1.29, 1.82) is 0 Å². The minimum atomic E-state index is 0.156. The van der Waals surface area contributed by atoms with Gasteiger partial charge in [-0.1, -0.05) is 5.11 Å². The van der Waals surface area contributed by atoms with Crippen molar-refractivity contribution in [2.45, 2.75) is 12.5 Å². The van der Waals surface area contributed by atoms with E-state index in [4.69, 9.17) is 10.3 Å². The lowest BCUT2D eigenvalue weighted by molar-refractivity contribution is 0.0830. The molecule has 0 unspecified atom stereocenters. The first-order valence-electron chi connectivity index (χ1n) is 4.18. The number of hydrogen-bond acceptors (Lipinski definition) is 3. The number of hydrogen-bond donors (Lipinski definition) is 1. The Morgan fingerprint density at radius 3 is 3.00 bits per heavy atom. The molecule has 0 radical (unpaired) electrons. The van der Waals surface area contributed by atoms with Gasteiger partial charge in [-0.15, -0.1) is 0 Å². The predicted octanol–water partition coefficient (Wildman–Crippen LogP) is 0.675. The molecule has 0 amide bonds. The van der Waals surface area contributed by atoms with E-state index in [9.17, 15) is 0 Å². The molecule has 2 fully saturated rings. The van der Waals surface area contributed by atoms with E-state index in [2.05, 4.69) is 15.3 Å². The highest BCUT2D eigenvalue weighted by Gasteiger charge is 2.44. The van der Waals surface area contributed by atoms with Gasteiger partial charge in [0.1, 0.15) is 0 Å². The van der Waals surface area contributed by atoms with Crippen molar-refractivity contribution in [2.24, 2.45) is 10.5 Å². The van der Waals surface area contributed by atoms with Crippen LogP contribution in [0.5, 0.6) is 0 Å². The van der Waals surface area contributed by atoms with Crippen LogP contribution in [0.2, 0.25) is 0 Å². The summed E-state index contributed by atoms with van der Waals surface area (Å²) in [5, 5.41) is 6.75. The molecule has 12 heavy (non-hydrogen) atoms. The summed E-state index contributed by atoms with van der Waals surface area (Å²) in [7, 11) is 0. The van der Waals surface area contributed by atoms with Crippen LogP contribution in [0, 0.1) is 5.41 Å². The molecule has 66 valence electrons. The Balaban J connectivity index is 1.85. The maximum Gasteiger partial charge on any atom is 0.0638 e. The molecule has 0 aromatic rings. The summed E-state index contributed by atoms with van der Waals surface area (Å²) in [6.45, 7) is 3.42. The summed E-state index contributed by atoms with van der Waals surface area (Å²) in [6, 6.07) is 0. The van der Waals surface area contributed by atoms with Crippen molar-refractivity contribution in [3.05, 3.63) is 10.4 Å². The minimum Gasteiger partial charge on any atom is -0.377 e. The molecule has 0 aromatic heterocycles. The van der Waals surface area contributed by atoms with Crippen LogP contribution in [0.1, 0.15) is 6.42 Å². The first-order valence-corrected chi connectivity index (χ1v) is 4.18. The van der Waals surface area contributed by atoms with Gasteiger partial charge in [0.15, 0.2) is 0 Å². The Morgan fingerprint density at radius 1 is 1.67 bits per heavy atom. The topological polar surface area (TPSA) is 70.0 Å². The van der Waals surface area contributed by atoms with Crippen LogP contribution in [0.15, 0.2) is 5.11 Å². The minimum absolute atomic E-state index is 0.156. The van der Waals surface area contributed by atoms with E-state index < -0.39 is 0 Å². The summed E-state index contributed by atoms with van der Waals surface area (Å²) in [5.41, 5.74) is 8.49. The Labute approximate surface area is 70.7 Å². The van der Waals surface area contributed by atoms with Gasteiger partial charge in [0, 0.05) is 23.4 Å². The lowest BCUT2D eigenvalue weighted by atomic mass is 9.80. The number of azide groups is 1. The first kappa shape index (κ1) is 7.86. The highest BCUT2D eigenvalue weighted by atomic mass is 16.5. The predicted molar refractivity (Wildman–Crippen MR) is 43.7 cm³/mol. The van der Waals surface area contributed by atoms with E-state index in [1.165, 1.54) is 0 Å². The second kappa shape index (κ2) is 2.94. The molecule has 5 heteroatoms. The third-order valence-corrected chi connectivity index (χ3v) is 2.63. The van der Waals surface area contributed by atoms with Gasteiger partial charge in [-0.25, -0.2) is 0 Å². The van der Waals surface area contributed by atoms with Crippen LogP contribution in [-0.4, -0.2) is 32.3 Å². The zero-order chi connectivity index (χ0) is 8.44. The van der Waals surface area contributed by atoms with Crippen LogP contribution < -0.4 is 5.32 Å². The monoisotopic (exact) mass is 168 g/mol. The zero-order valence-electron chi connectivity index (χ0n) is 6.86. The van der Waals surface area contributed by atoms with Crippen LogP contribution in [0.3, 0.4) is 0 Å². The quantitative estimate of drug-likeness (QED) is 0.374. The fourth-order valence-electron chi connectivity index (χ4n) is 1.87. The van der Waals surface area contributed by atoms with E-state index in [1.54, 1.807) is 0 Å². The molecule has 1 atom stereocenters. The van der Waals surface area contributed by atoms with Crippen molar-refractivity contribution in [2.75, 3.05) is 26.2 Å². The molecular weight excluding hydrogens is 156 g/mol. The number of ether oxygens (including phenoxy) is 1. The van der Waals surface area contributed by atoms with Crippen LogP contribution in [0.25, 0.3) is 10.4 Å². The highest BCUT2D eigenvalue weighted by Crippen LogP contribution is 2.35. The summed E-state index contributed by atoms with van der Waals surface area (Å²) in [6.07, 6.45) is 1.20. The second-order valence-corrected chi connectivity index (χ2v) is 3.65. The Morgan fingerprint density at radius 2 is 2.50 bits per heavy atom. The lowest BCUT2D eigenvalue weighted by Crippen LogP contribution is -2.53. The molecular formula is C7H12N4O. The average Bonchev–Trinajstić information content (AvgIpc) is 2.44. The van der Waals surface area contributed by atoms with E-state index in [1.807, 2.05) is 0 Å². The van der Waals surface area contributed by atoms with Gasteiger partial charge in [-0.3, -0.25) is 0 Å². The standard InChI is InChI=1S/C7H12N4O/c8-11-10-2-6-1-7(5-12-6)3-9-4-7/h6,9H,1-5H2/t6-/m1/s1. The molecule has 0 bridgehead atoms. The van der Waals surface area contributed by atoms with E-state index >= 15 is 0 Å². The van der Waals surface area contributed by atoms with Crippen LogP contribution in [-0.2, 0) is 4.74 Å². The van der Waals surface area contributed by atoms with E-state index in [-0.39, 0.29) is 6.10 Å². The molecule has 1 N–H and O–H groups in total. The third kappa shape index (κ3) is 1.27. The fourth-order valence-corrected chi connectivity index (χ4v) is 1.87. The summed E-state index contributed by atoms with van der Waals surface area (Å²) in [5.74, 6) is 0. The largest absolute Gasteiger partial charge is 0.377 e. The Kier molecular flexibility index (Phi) is 1.92. The lowest BCUT2D eigenvalue weighted by Gasteiger charge is -2.37. The normalized spacial score (nSPS) is 31.2. The summed E-state index contributed by atoms with van der Waals surface area (Å²) >= 11 is 0. The fraction of sp³-hybridized carbons (Fsp3) is 1.00. The number of nitrogens with zero attached hydrogens (tertiary/aromatic N) is 3. The van der Waals surface area contributed by atoms with Crippen molar-refractivity contribution >= 4 is 0 Å². The molecule has 2 saturated heterocycles. The zero-order valence-corrected chi connectivity index (χ0v) is 6.86. The molecule has 0 aliphatic carbocycles. The smallest absolute Gasteiger partial charge is 0.0638 e. The maximum atomic E-state index is 8.12. The van der Waals surface area contributed by atoms with Crippen molar-refractivity contribution in [1.82, 2.24) is 5.32 Å². The van der Waals surface area contributed by atoms with Crippen LogP contribution >= 0.6 is 0 Å². The van der Waals surface area contributed by atoms with Gasteiger partial charge < -0.3 is 10.1 Å². The molecule has 1 spiro atoms. The molecule has 0 saturated carbocycles. The molecule has 2 aliphatic heterocycles. The average molecular weight is 168 g/mol. The van der Waals surface area contributed by atoms with Gasteiger partial charge >= 0.3 is 0 Å². The van der Waals surface area contributed by atoms with Crippen molar-refractivity contribution in [3.63, 3.8) is 0 Å². The number of nitrogens with one attached hydrogen (secondary N) is 1. The Hall–Kier alpha value is -0.770. The third-order valence-electron chi connectivity index (χ3n) is 2.63. The molecule has 0 aromatic carbocycles. The molecule has 2 aliphatic rings. The summed E-state index contributed by atoms with van der Waals surface area (Å²) in [4.78, 5) is 2.72. The van der Waals surface area contributed by atoms with Gasteiger partial charge in [0.2, 0.25) is 0 Å². The SMILES string of the molecule is [N-]=[N+]=NC[C@H]1CC2(CNC2)CO1. The van der Waals surface area contributed by atoms with Gasteiger partial charge in [-0.2, -0.15) is 0 Å². The van der Waals surface area contributed by atoms with Gasteiger partial charge in [0.05, 0.1) is 19.3 Å².